The largest absolute Gasteiger partial charge is 0.468 e. The average molecular weight is 774 g/mol. The molecular weight excluding hydrogens is 728 g/mol. The minimum atomic E-state index is -2.88. The number of hydrogen-bond acceptors (Lipinski definition) is 13. The van der Waals surface area contributed by atoms with E-state index in [2.05, 4.69) is 24.8 Å². The summed E-state index contributed by atoms with van der Waals surface area (Å²) in [5.41, 5.74) is 6.76. The number of halogens is 3. The second-order valence-electron chi connectivity index (χ2n) is 10.8. The predicted octanol–water partition coefficient (Wildman–Crippen LogP) is 4.36. The molecule has 0 aliphatic heterocycles. The number of nitrogens with two attached hydrogens (primary N) is 1. The van der Waals surface area contributed by atoms with Crippen molar-refractivity contribution in [3.63, 3.8) is 0 Å². The molecule has 0 fully saturated rings. The number of benzene rings is 2. The van der Waals surface area contributed by atoms with E-state index >= 15 is 0 Å². The summed E-state index contributed by atoms with van der Waals surface area (Å²) in [4.78, 5) is 78.9. The van der Waals surface area contributed by atoms with Crippen molar-refractivity contribution >= 4 is 52.7 Å². The Kier molecular flexibility index (Phi) is 24.0. The van der Waals surface area contributed by atoms with Gasteiger partial charge in [0.2, 0.25) is 11.2 Å². The lowest BCUT2D eigenvalue weighted by atomic mass is 10.1. The van der Waals surface area contributed by atoms with E-state index in [0.29, 0.717) is 0 Å². The fraction of sp³-hybridized carbons (Fsp3) is 0.457. The number of rotatable bonds is 17. The fourth-order valence-electron chi connectivity index (χ4n) is 3.72. The number of esters is 3. The number of Topliss-reactive ketones (excluding diaryl/α,β-unsaturated/α-hetero) is 1. The Labute approximate surface area is 311 Å². The predicted molar refractivity (Wildman–Crippen MR) is 186 cm³/mol. The molecule has 294 valence electrons. The topological polar surface area (TPSA) is 216 Å². The lowest BCUT2D eigenvalue weighted by molar-refractivity contribution is -0.145. The molecule has 2 aromatic carbocycles. The summed E-state index contributed by atoms with van der Waals surface area (Å²) in [7, 11) is 3.46. The highest BCUT2D eigenvalue weighted by molar-refractivity contribution is 6.63. The van der Waals surface area contributed by atoms with E-state index in [4.69, 9.17) is 26.8 Å². The van der Waals surface area contributed by atoms with Gasteiger partial charge in [0.05, 0.1) is 27.8 Å². The third-order valence-corrected chi connectivity index (χ3v) is 6.87. The van der Waals surface area contributed by atoms with Crippen LogP contribution < -0.4 is 16.4 Å². The first-order valence-electron chi connectivity index (χ1n) is 16.0. The third-order valence-electron chi connectivity index (χ3n) is 6.71. The van der Waals surface area contributed by atoms with E-state index in [0.717, 1.165) is 25.3 Å². The van der Waals surface area contributed by atoms with Crippen molar-refractivity contribution in [2.75, 3.05) is 21.3 Å². The van der Waals surface area contributed by atoms with Crippen LogP contribution in [-0.4, -0.2) is 86.5 Å². The van der Waals surface area contributed by atoms with E-state index in [1.165, 1.54) is 14.0 Å². The fourth-order valence-corrected chi connectivity index (χ4v) is 3.87. The highest BCUT2D eigenvalue weighted by Crippen LogP contribution is 2.23. The Bertz CT molecular complexity index is 1450. The first kappa shape index (κ1) is 47.8. The van der Waals surface area contributed by atoms with Gasteiger partial charge < -0.3 is 40.1 Å². The monoisotopic (exact) mass is 773 g/mol. The first-order valence-corrected chi connectivity index (χ1v) is 16.4. The highest BCUT2D eigenvalue weighted by atomic mass is 35.5. The molecule has 53 heavy (non-hydrogen) atoms. The van der Waals surface area contributed by atoms with Gasteiger partial charge in [-0.25, -0.2) is 28.0 Å². The minimum Gasteiger partial charge on any atom is -0.468 e. The van der Waals surface area contributed by atoms with Gasteiger partial charge in [0.15, 0.2) is 0 Å². The van der Waals surface area contributed by atoms with Crippen molar-refractivity contribution in [3.8, 4) is 0 Å². The van der Waals surface area contributed by atoms with Crippen LogP contribution in [0.1, 0.15) is 57.1 Å². The molecule has 0 spiro atoms. The van der Waals surface area contributed by atoms with Crippen LogP contribution >= 0.6 is 11.6 Å². The zero-order chi connectivity index (χ0) is 40.4. The van der Waals surface area contributed by atoms with E-state index in [1.54, 1.807) is 31.2 Å². The number of ether oxygens (including phenoxy) is 5. The molecule has 0 aliphatic rings. The number of ketones is 1. The molecule has 2 aromatic rings. The van der Waals surface area contributed by atoms with E-state index in [1.807, 2.05) is 36.4 Å². The van der Waals surface area contributed by atoms with E-state index in [9.17, 15) is 42.3 Å². The van der Waals surface area contributed by atoms with Gasteiger partial charge in [-0.2, -0.15) is 0 Å². The van der Waals surface area contributed by atoms with Crippen molar-refractivity contribution in [1.82, 2.24) is 10.6 Å². The lowest BCUT2D eigenvalue weighted by Gasteiger charge is -2.17. The Hall–Kier alpha value is -5.16. The second-order valence-corrected chi connectivity index (χ2v) is 11.2. The summed E-state index contributed by atoms with van der Waals surface area (Å²) in [6.07, 6.45) is -2.76. The number of carbonyl (C=O) groups excluding carboxylic acids is 7. The van der Waals surface area contributed by atoms with Gasteiger partial charge in [-0.3, -0.25) is 14.4 Å². The van der Waals surface area contributed by atoms with Gasteiger partial charge in [0, 0.05) is 25.7 Å². The third kappa shape index (κ3) is 22.4. The number of carbonyl (C=O) groups is 7. The van der Waals surface area contributed by atoms with Gasteiger partial charge in [0.25, 0.3) is 0 Å². The SMILES string of the molecule is CCC(=O)C[C@H](NC(=O)OCc1ccccc1)C(=O)OC.CCC(F)(F)C[C@H](N)C(=O)OC.COC(=O)[C@H](CC(=O)Cl)NC(=O)OCc1ccccc1. The maximum atomic E-state index is 12.6. The highest BCUT2D eigenvalue weighted by Gasteiger charge is 2.32. The Balaban J connectivity index is 0.000000796. The summed E-state index contributed by atoms with van der Waals surface area (Å²) in [6.45, 7) is 3.16. The zero-order valence-electron chi connectivity index (χ0n) is 30.1. The zero-order valence-corrected chi connectivity index (χ0v) is 30.8. The molecule has 3 atom stereocenters. The van der Waals surface area contributed by atoms with Crippen LogP contribution in [0.3, 0.4) is 0 Å². The van der Waals surface area contributed by atoms with E-state index < -0.39 is 65.8 Å². The molecule has 18 heteroatoms. The molecule has 0 radical (unpaired) electrons. The quantitative estimate of drug-likeness (QED) is 0.116. The molecule has 0 aromatic heterocycles. The van der Waals surface area contributed by atoms with Crippen LogP contribution in [0.2, 0.25) is 0 Å². The molecule has 0 aliphatic carbocycles. The maximum absolute atomic E-state index is 12.6. The molecule has 0 bridgehead atoms. The number of alkyl halides is 2. The van der Waals surface area contributed by atoms with Gasteiger partial charge >= 0.3 is 30.1 Å². The van der Waals surface area contributed by atoms with Crippen LogP contribution in [0.4, 0.5) is 18.4 Å². The standard InChI is InChI=1S/C15H19NO5.C13H14ClNO5.C7H13F2NO2/c1-3-12(17)9-13(14(18)20-2)16-15(19)21-10-11-7-5-4-6-8-11;1-19-12(17)10(7-11(14)16)15-13(18)20-8-9-5-3-2-4-6-9;1-3-7(8,9)4-5(10)6(11)12-2/h4-8,13H,3,9-10H2,1-2H3,(H,16,19);2-6,10H,7-8H2,1H3,(H,15,18);5H,3-4,10H2,1-2H3/t13-;10-;5-/m000/s1. The Morgan fingerprint density at radius 3 is 1.43 bits per heavy atom. The molecule has 15 nitrogen and oxygen atoms in total. The first-order chi connectivity index (χ1) is 25.0. The molecule has 2 rings (SSSR count). The second kappa shape index (κ2) is 26.6. The van der Waals surface area contributed by atoms with Gasteiger partial charge in [-0.1, -0.05) is 74.5 Å². The van der Waals surface area contributed by atoms with Crippen LogP contribution in [0.5, 0.6) is 0 Å². The van der Waals surface area contributed by atoms with Crippen molar-refractivity contribution < 1.29 is 66.0 Å². The van der Waals surface area contributed by atoms with Crippen molar-refractivity contribution in [1.29, 1.82) is 0 Å². The van der Waals surface area contributed by atoms with Crippen molar-refractivity contribution in [3.05, 3.63) is 71.8 Å². The van der Waals surface area contributed by atoms with Gasteiger partial charge in [-0.15, -0.1) is 0 Å². The van der Waals surface area contributed by atoms with Crippen LogP contribution in [0, 0.1) is 0 Å². The number of methoxy groups -OCH3 is 3. The van der Waals surface area contributed by atoms with E-state index in [-0.39, 0.29) is 44.7 Å². The number of hydrogen-bond donors (Lipinski definition) is 3. The number of amides is 2. The van der Waals surface area contributed by atoms with Crippen LogP contribution in [0.25, 0.3) is 0 Å². The smallest absolute Gasteiger partial charge is 0.408 e. The summed E-state index contributed by atoms with van der Waals surface area (Å²) in [5, 5.41) is 3.81. The molecular formula is C35H46ClF2N3O12. The van der Waals surface area contributed by atoms with Crippen molar-refractivity contribution in [2.45, 2.75) is 83.2 Å². The molecule has 0 saturated carbocycles. The minimum absolute atomic E-state index is 0.0510. The molecule has 0 saturated heterocycles. The lowest BCUT2D eigenvalue weighted by Crippen LogP contribution is -2.43. The Morgan fingerprint density at radius 2 is 1.09 bits per heavy atom. The average Bonchev–Trinajstić information content (AvgIpc) is 3.15. The van der Waals surface area contributed by atoms with Crippen molar-refractivity contribution in [2.24, 2.45) is 5.73 Å². The van der Waals surface area contributed by atoms with Crippen LogP contribution in [0.15, 0.2) is 60.7 Å². The normalized spacial score (nSPS) is 11.9. The Morgan fingerprint density at radius 1 is 0.698 bits per heavy atom. The molecule has 0 unspecified atom stereocenters. The van der Waals surface area contributed by atoms with Gasteiger partial charge in [-0.05, 0) is 22.7 Å². The molecule has 2 amide bonds. The maximum Gasteiger partial charge on any atom is 0.408 e. The van der Waals surface area contributed by atoms with Gasteiger partial charge in [0.1, 0.15) is 37.1 Å². The summed E-state index contributed by atoms with van der Waals surface area (Å²) < 4.78 is 48.4. The number of nitrogens with one attached hydrogen (secondary N) is 2. The summed E-state index contributed by atoms with van der Waals surface area (Å²) in [5.74, 6) is -5.27. The van der Waals surface area contributed by atoms with Crippen LogP contribution in [-0.2, 0) is 60.9 Å². The number of alkyl carbamates (subject to hydrolysis) is 2. The molecule has 0 heterocycles. The summed E-state index contributed by atoms with van der Waals surface area (Å²) >= 11 is 5.19. The summed E-state index contributed by atoms with van der Waals surface area (Å²) in [6, 6.07) is 14.7. The molecule has 4 N–H and O–H groups in total.